The summed E-state index contributed by atoms with van der Waals surface area (Å²) < 4.78 is 26.4. The molecular weight excluding hydrogens is 290 g/mol. The van der Waals surface area contributed by atoms with Crippen LogP contribution in [0.3, 0.4) is 0 Å². The molecule has 0 saturated carbocycles. The van der Waals surface area contributed by atoms with Gasteiger partial charge in [0.1, 0.15) is 6.04 Å². The fourth-order valence-corrected chi connectivity index (χ4v) is 3.11. The van der Waals surface area contributed by atoms with Crippen LogP contribution in [0.15, 0.2) is 29.2 Å². The highest BCUT2D eigenvalue weighted by Crippen LogP contribution is 2.17. The monoisotopic (exact) mass is 305 g/mol. The van der Waals surface area contributed by atoms with Gasteiger partial charge in [-0.05, 0) is 24.1 Å². The summed E-state index contributed by atoms with van der Waals surface area (Å²) in [5, 5.41) is 9.36. The normalized spacial score (nSPS) is 14.9. The first-order valence-corrected chi connectivity index (χ1v) is 7.64. The summed E-state index contributed by atoms with van der Waals surface area (Å²) >= 11 is 5.73. The zero-order valence-corrected chi connectivity index (χ0v) is 12.2. The van der Waals surface area contributed by atoms with Gasteiger partial charge in [0.15, 0.2) is 0 Å². The van der Waals surface area contributed by atoms with E-state index in [1.165, 1.54) is 18.2 Å². The Morgan fingerprint density at radius 1 is 1.47 bits per heavy atom. The van der Waals surface area contributed by atoms with Gasteiger partial charge in [-0.25, -0.2) is 8.42 Å². The topological polar surface area (TPSA) is 83.5 Å². The third kappa shape index (κ3) is 4.19. The average molecular weight is 306 g/mol. The van der Waals surface area contributed by atoms with Gasteiger partial charge >= 0.3 is 5.97 Å². The maximum atomic E-state index is 12.1. The van der Waals surface area contributed by atoms with Gasteiger partial charge in [0.05, 0.1) is 4.90 Å². The molecule has 0 saturated heterocycles. The van der Waals surface area contributed by atoms with Gasteiger partial charge in [0, 0.05) is 5.02 Å². The summed E-state index contributed by atoms with van der Waals surface area (Å²) in [6.45, 7) is 3.48. The minimum atomic E-state index is -3.90. The SMILES string of the molecule is CCC(C)[C@H](NS(=O)(=O)c1cccc(Cl)c1)C(=O)O. The lowest BCUT2D eigenvalue weighted by atomic mass is 10.0. The summed E-state index contributed by atoms with van der Waals surface area (Å²) in [6, 6.07) is 4.53. The number of hydrogen-bond donors (Lipinski definition) is 2. The molecule has 106 valence electrons. The van der Waals surface area contributed by atoms with E-state index >= 15 is 0 Å². The fourth-order valence-electron chi connectivity index (χ4n) is 1.52. The van der Waals surface area contributed by atoms with Crippen LogP contribution in [0.1, 0.15) is 20.3 Å². The van der Waals surface area contributed by atoms with E-state index in [1.807, 2.05) is 0 Å². The minimum absolute atomic E-state index is 0.0467. The van der Waals surface area contributed by atoms with Crippen molar-refractivity contribution in [1.29, 1.82) is 0 Å². The molecule has 1 unspecified atom stereocenters. The van der Waals surface area contributed by atoms with Crippen LogP contribution >= 0.6 is 11.6 Å². The van der Waals surface area contributed by atoms with E-state index in [1.54, 1.807) is 19.9 Å². The number of aliphatic carboxylic acids is 1. The van der Waals surface area contributed by atoms with E-state index in [9.17, 15) is 13.2 Å². The highest BCUT2D eigenvalue weighted by atomic mass is 35.5. The molecule has 0 radical (unpaired) electrons. The van der Waals surface area contributed by atoms with E-state index < -0.39 is 22.0 Å². The Labute approximate surface area is 117 Å². The first-order chi connectivity index (χ1) is 8.77. The zero-order valence-electron chi connectivity index (χ0n) is 10.6. The Bertz CT molecular complexity index is 559. The first kappa shape index (κ1) is 15.9. The molecule has 1 aromatic carbocycles. The average Bonchev–Trinajstić information content (AvgIpc) is 2.35. The molecule has 2 N–H and O–H groups in total. The van der Waals surface area contributed by atoms with Gasteiger partial charge < -0.3 is 5.11 Å². The molecule has 0 bridgehead atoms. The largest absolute Gasteiger partial charge is 0.480 e. The molecule has 0 aliphatic carbocycles. The number of nitrogens with one attached hydrogen (secondary N) is 1. The predicted molar refractivity (Wildman–Crippen MR) is 72.7 cm³/mol. The summed E-state index contributed by atoms with van der Waals surface area (Å²) in [6.07, 6.45) is 0.551. The lowest BCUT2D eigenvalue weighted by molar-refractivity contribution is -0.140. The number of halogens is 1. The lowest BCUT2D eigenvalue weighted by Gasteiger charge is -2.20. The quantitative estimate of drug-likeness (QED) is 0.843. The van der Waals surface area contributed by atoms with Crippen molar-refractivity contribution in [2.75, 3.05) is 0 Å². The van der Waals surface area contributed by atoms with Gasteiger partial charge in [-0.3, -0.25) is 4.79 Å². The second-order valence-electron chi connectivity index (χ2n) is 4.28. The number of carboxylic acid groups (broad SMARTS) is 1. The van der Waals surface area contributed by atoms with Gasteiger partial charge in [0.25, 0.3) is 0 Å². The predicted octanol–water partition coefficient (Wildman–Crippen LogP) is 2.12. The standard InChI is InChI=1S/C12H16ClNO4S/c1-3-8(2)11(12(15)16)14-19(17,18)10-6-4-5-9(13)7-10/h4-8,11,14H,3H2,1-2H3,(H,15,16)/t8?,11-/m0/s1. The van der Waals surface area contributed by atoms with Crippen LogP contribution in [-0.4, -0.2) is 25.5 Å². The fraction of sp³-hybridized carbons (Fsp3) is 0.417. The molecular formula is C12H16ClNO4S. The highest BCUT2D eigenvalue weighted by molar-refractivity contribution is 7.89. The van der Waals surface area contributed by atoms with E-state index in [0.29, 0.717) is 6.42 Å². The Kier molecular flexibility index (Phi) is 5.34. The van der Waals surface area contributed by atoms with Gasteiger partial charge in [-0.2, -0.15) is 4.72 Å². The highest BCUT2D eigenvalue weighted by Gasteiger charge is 2.29. The number of rotatable bonds is 6. The molecule has 0 fully saturated rings. The molecule has 0 spiro atoms. The Morgan fingerprint density at radius 3 is 2.58 bits per heavy atom. The zero-order chi connectivity index (χ0) is 14.6. The van der Waals surface area contributed by atoms with E-state index in [0.717, 1.165) is 0 Å². The summed E-state index contributed by atoms with van der Waals surface area (Å²) in [5.41, 5.74) is 0. The van der Waals surface area contributed by atoms with E-state index in [2.05, 4.69) is 4.72 Å². The molecule has 0 aliphatic rings. The second kappa shape index (κ2) is 6.36. The van der Waals surface area contributed by atoms with Crippen molar-refractivity contribution < 1.29 is 18.3 Å². The number of carboxylic acids is 1. The van der Waals surface area contributed by atoms with Crippen LogP contribution in [0.25, 0.3) is 0 Å². The van der Waals surface area contributed by atoms with Gasteiger partial charge in [-0.1, -0.05) is 37.9 Å². The molecule has 0 heterocycles. The third-order valence-electron chi connectivity index (χ3n) is 2.87. The molecule has 1 aromatic rings. The van der Waals surface area contributed by atoms with Crippen LogP contribution in [0.2, 0.25) is 5.02 Å². The Morgan fingerprint density at radius 2 is 2.11 bits per heavy atom. The minimum Gasteiger partial charge on any atom is -0.480 e. The molecule has 0 aliphatic heterocycles. The van der Waals surface area contributed by atoms with E-state index in [4.69, 9.17) is 16.7 Å². The molecule has 2 atom stereocenters. The molecule has 0 aromatic heterocycles. The van der Waals surface area contributed by atoms with Crippen LogP contribution in [-0.2, 0) is 14.8 Å². The van der Waals surface area contributed by atoms with Crippen molar-refractivity contribution in [2.24, 2.45) is 5.92 Å². The van der Waals surface area contributed by atoms with Crippen molar-refractivity contribution in [3.8, 4) is 0 Å². The van der Waals surface area contributed by atoms with Crippen LogP contribution in [0, 0.1) is 5.92 Å². The summed E-state index contributed by atoms with van der Waals surface area (Å²) in [4.78, 5) is 11.1. The van der Waals surface area contributed by atoms with Crippen molar-refractivity contribution in [2.45, 2.75) is 31.2 Å². The maximum Gasteiger partial charge on any atom is 0.322 e. The van der Waals surface area contributed by atoms with E-state index in [-0.39, 0.29) is 15.8 Å². The molecule has 7 heteroatoms. The number of benzene rings is 1. The molecule has 0 amide bonds. The maximum absolute atomic E-state index is 12.1. The van der Waals surface area contributed by atoms with Crippen LogP contribution in [0.5, 0.6) is 0 Å². The summed E-state index contributed by atoms with van der Waals surface area (Å²) in [7, 11) is -3.90. The third-order valence-corrected chi connectivity index (χ3v) is 4.54. The van der Waals surface area contributed by atoms with Crippen LogP contribution < -0.4 is 4.72 Å². The Balaban J connectivity index is 3.04. The Hall–Kier alpha value is -1.11. The molecule has 1 rings (SSSR count). The van der Waals surface area contributed by atoms with Crippen molar-refractivity contribution in [3.05, 3.63) is 29.3 Å². The first-order valence-electron chi connectivity index (χ1n) is 5.78. The van der Waals surface area contributed by atoms with Crippen molar-refractivity contribution >= 4 is 27.6 Å². The van der Waals surface area contributed by atoms with Crippen molar-refractivity contribution in [3.63, 3.8) is 0 Å². The number of hydrogen-bond acceptors (Lipinski definition) is 3. The number of sulfonamides is 1. The van der Waals surface area contributed by atoms with Crippen LogP contribution in [0.4, 0.5) is 0 Å². The smallest absolute Gasteiger partial charge is 0.322 e. The number of carbonyl (C=O) groups is 1. The van der Waals surface area contributed by atoms with Gasteiger partial charge in [-0.15, -0.1) is 0 Å². The molecule has 19 heavy (non-hydrogen) atoms. The second-order valence-corrected chi connectivity index (χ2v) is 6.43. The van der Waals surface area contributed by atoms with Crippen molar-refractivity contribution in [1.82, 2.24) is 4.72 Å². The molecule has 5 nitrogen and oxygen atoms in total. The van der Waals surface area contributed by atoms with Gasteiger partial charge in [0.2, 0.25) is 10.0 Å². The summed E-state index contributed by atoms with van der Waals surface area (Å²) in [5.74, 6) is -1.51. The lowest BCUT2D eigenvalue weighted by Crippen LogP contribution is -2.44.